The van der Waals surface area contributed by atoms with Gasteiger partial charge < -0.3 is 15.2 Å². The molecule has 3 N–H and O–H groups in total. The van der Waals surface area contributed by atoms with Gasteiger partial charge in [-0.2, -0.15) is 5.10 Å². The molecule has 2 aromatic carbocycles. The molecule has 0 bridgehead atoms. The molecule has 0 unspecified atom stereocenters. The van der Waals surface area contributed by atoms with E-state index in [1.807, 2.05) is 42.5 Å². The summed E-state index contributed by atoms with van der Waals surface area (Å²) in [4.78, 5) is 32.7. The van der Waals surface area contributed by atoms with E-state index in [0.717, 1.165) is 46.6 Å². The minimum absolute atomic E-state index is 0.191. The van der Waals surface area contributed by atoms with Crippen LogP contribution >= 0.6 is 0 Å². The topological polar surface area (TPSA) is 115 Å². The predicted octanol–water partition coefficient (Wildman–Crippen LogP) is 5.81. The zero-order valence-corrected chi connectivity index (χ0v) is 21.2. The molecule has 1 aliphatic heterocycles. The molecule has 1 fully saturated rings. The molecular formula is C30H26N8O. The van der Waals surface area contributed by atoms with Gasteiger partial charge in [0.2, 0.25) is 0 Å². The summed E-state index contributed by atoms with van der Waals surface area (Å²) in [6.07, 6.45) is 7.05. The summed E-state index contributed by atoms with van der Waals surface area (Å²) in [5, 5.41) is 10.6. The number of piperidine rings is 1. The van der Waals surface area contributed by atoms with Gasteiger partial charge in [0.25, 0.3) is 5.91 Å². The van der Waals surface area contributed by atoms with Gasteiger partial charge in [-0.05, 0) is 61.7 Å². The number of pyridine rings is 2. The van der Waals surface area contributed by atoms with Crippen LogP contribution in [0.3, 0.4) is 0 Å². The minimum atomic E-state index is -0.191. The van der Waals surface area contributed by atoms with Crippen molar-refractivity contribution in [1.82, 2.24) is 30.1 Å². The van der Waals surface area contributed by atoms with Crippen LogP contribution in [-0.4, -0.2) is 49.1 Å². The van der Waals surface area contributed by atoms with E-state index in [9.17, 15) is 4.79 Å². The molecule has 9 nitrogen and oxygen atoms in total. The molecule has 1 aliphatic rings. The second-order valence-corrected chi connectivity index (χ2v) is 9.75. The minimum Gasteiger partial charge on any atom is -0.370 e. The number of nitrogens with one attached hydrogen (secondary N) is 3. The molecule has 5 heterocycles. The van der Waals surface area contributed by atoms with E-state index in [2.05, 4.69) is 42.5 Å². The fraction of sp³-hybridized carbons (Fsp3) is 0.167. The normalized spacial score (nSPS) is 13.7. The third-order valence-corrected chi connectivity index (χ3v) is 7.15. The number of H-pyrrole nitrogens is 2. The number of carbonyl (C=O) groups is 1. The first-order chi connectivity index (χ1) is 19.2. The highest BCUT2D eigenvalue weighted by Crippen LogP contribution is 2.32. The van der Waals surface area contributed by atoms with Crippen LogP contribution in [0.25, 0.3) is 44.8 Å². The number of aromatic amines is 2. The molecule has 0 aliphatic carbocycles. The lowest BCUT2D eigenvalue weighted by Crippen LogP contribution is -2.29. The number of carbonyl (C=O) groups excluding carboxylic acids is 1. The van der Waals surface area contributed by atoms with Crippen molar-refractivity contribution < 1.29 is 4.79 Å². The predicted molar refractivity (Wildman–Crippen MR) is 153 cm³/mol. The Morgan fingerprint density at radius 1 is 0.846 bits per heavy atom. The molecule has 6 aromatic rings. The number of nitrogens with zero attached hydrogens (tertiary/aromatic N) is 5. The van der Waals surface area contributed by atoms with Gasteiger partial charge in [-0.1, -0.05) is 24.3 Å². The monoisotopic (exact) mass is 514 g/mol. The van der Waals surface area contributed by atoms with E-state index in [4.69, 9.17) is 9.97 Å². The third kappa shape index (κ3) is 4.37. The number of benzene rings is 2. The van der Waals surface area contributed by atoms with Crippen molar-refractivity contribution in [1.29, 1.82) is 0 Å². The van der Waals surface area contributed by atoms with Gasteiger partial charge in [0.15, 0.2) is 11.5 Å². The van der Waals surface area contributed by atoms with Crippen LogP contribution < -0.4 is 10.2 Å². The van der Waals surface area contributed by atoms with Crippen molar-refractivity contribution in [2.24, 2.45) is 0 Å². The second-order valence-electron chi connectivity index (χ2n) is 9.75. The summed E-state index contributed by atoms with van der Waals surface area (Å²) in [5.41, 5.74) is 7.96. The van der Waals surface area contributed by atoms with E-state index in [1.165, 1.54) is 19.3 Å². The van der Waals surface area contributed by atoms with E-state index < -0.39 is 0 Å². The van der Waals surface area contributed by atoms with Crippen molar-refractivity contribution in [3.63, 3.8) is 0 Å². The smallest absolute Gasteiger partial charge is 0.255 e. The number of fused-ring (bicyclic) bond motifs is 2. The van der Waals surface area contributed by atoms with E-state index in [0.29, 0.717) is 28.3 Å². The van der Waals surface area contributed by atoms with E-state index in [1.54, 1.807) is 24.5 Å². The molecule has 0 saturated carbocycles. The van der Waals surface area contributed by atoms with Crippen LogP contribution in [0.1, 0.15) is 29.6 Å². The van der Waals surface area contributed by atoms with Crippen molar-refractivity contribution in [2.45, 2.75) is 19.3 Å². The Morgan fingerprint density at radius 3 is 2.59 bits per heavy atom. The average Bonchev–Trinajstić information content (AvgIpc) is 3.62. The molecule has 4 aromatic heterocycles. The van der Waals surface area contributed by atoms with Crippen LogP contribution in [0.15, 0.2) is 79.1 Å². The highest BCUT2D eigenvalue weighted by atomic mass is 16.1. The Balaban J connectivity index is 1.22. The number of rotatable bonds is 5. The van der Waals surface area contributed by atoms with E-state index in [-0.39, 0.29) is 5.91 Å². The number of hydrogen-bond acceptors (Lipinski definition) is 6. The molecule has 9 heteroatoms. The van der Waals surface area contributed by atoms with E-state index >= 15 is 0 Å². The fourth-order valence-electron chi connectivity index (χ4n) is 5.19. The van der Waals surface area contributed by atoms with Crippen molar-refractivity contribution in [3.05, 3.63) is 84.7 Å². The van der Waals surface area contributed by atoms with Crippen molar-refractivity contribution in [3.8, 4) is 22.8 Å². The standard InChI is InChI=1S/C30H26N8O/c39-30(19-8-3-1-4-9-19)32-21-16-20(17-31-18-21)22-12-13-24-27(33-22)28(37-36-24)29-34-23-10-7-11-25(26(23)35-29)38-14-5-2-6-15-38/h1,3-4,7-13,16-18H,2,5-6,14-15H2,(H,32,39)(H,34,35)(H,36,37). The maximum absolute atomic E-state index is 12.6. The molecule has 192 valence electrons. The van der Waals surface area contributed by atoms with Gasteiger partial charge in [0.05, 0.1) is 34.3 Å². The highest BCUT2D eigenvalue weighted by molar-refractivity contribution is 6.04. The van der Waals surface area contributed by atoms with Gasteiger partial charge in [-0.25, -0.2) is 9.97 Å². The summed E-state index contributed by atoms with van der Waals surface area (Å²) < 4.78 is 0. The fourth-order valence-corrected chi connectivity index (χ4v) is 5.19. The van der Waals surface area contributed by atoms with Gasteiger partial charge in [-0.15, -0.1) is 0 Å². The van der Waals surface area contributed by atoms with Crippen LogP contribution in [0.5, 0.6) is 0 Å². The van der Waals surface area contributed by atoms with Crippen LogP contribution in [0, 0.1) is 0 Å². The molecule has 0 atom stereocenters. The largest absolute Gasteiger partial charge is 0.370 e. The van der Waals surface area contributed by atoms with Gasteiger partial charge in [-0.3, -0.25) is 14.9 Å². The van der Waals surface area contributed by atoms with Crippen molar-refractivity contribution >= 4 is 39.3 Å². The molecule has 1 saturated heterocycles. The Labute approximate surface area is 224 Å². The average molecular weight is 515 g/mol. The number of imidazole rings is 1. The summed E-state index contributed by atoms with van der Waals surface area (Å²) in [7, 11) is 0. The molecule has 7 rings (SSSR count). The van der Waals surface area contributed by atoms with Gasteiger partial charge >= 0.3 is 0 Å². The Hall–Kier alpha value is -5.05. The lowest BCUT2D eigenvalue weighted by Gasteiger charge is -2.28. The quantitative estimate of drug-likeness (QED) is 0.268. The highest BCUT2D eigenvalue weighted by Gasteiger charge is 2.19. The first kappa shape index (κ1) is 23.1. The number of hydrogen-bond donors (Lipinski definition) is 3. The molecular weight excluding hydrogens is 488 g/mol. The zero-order chi connectivity index (χ0) is 26.2. The third-order valence-electron chi connectivity index (χ3n) is 7.15. The summed E-state index contributed by atoms with van der Waals surface area (Å²) in [6.45, 7) is 2.10. The number of para-hydroxylation sites is 1. The lowest BCUT2D eigenvalue weighted by molar-refractivity contribution is 0.102. The van der Waals surface area contributed by atoms with Gasteiger partial charge in [0.1, 0.15) is 11.0 Å². The van der Waals surface area contributed by atoms with Crippen LogP contribution in [0.4, 0.5) is 11.4 Å². The number of anilines is 2. The molecule has 0 radical (unpaired) electrons. The molecule has 0 spiro atoms. The number of aromatic nitrogens is 6. The Kier molecular flexibility index (Phi) is 5.73. The molecule has 1 amide bonds. The molecule has 39 heavy (non-hydrogen) atoms. The maximum Gasteiger partial charge on any atom is 0.255 e. The first-order valence-corrected chi connectivity index (χ1v) is 13.1. The zero-order valence-electron chi connectivity index (χ0n) is 21.2. The van der Waals surface area contributed by atoms with Gasteiger partial charge in [0, 0.05) is 30.4 Å². The first-order valence-electron chi connectivity index (χ1n) is 13.1. The Bertz CT molecular complexity index is 1800. The summed E-state index contributed by atoms with van der Waals surface area (Å²) in [5.74, 6) is 0.483. The second kappa shape index (κ2) is 9.68. The van der Waals surface area contributed by atoms with Crippen LogP contribution in [0.2, 0.25) is 0 Å². The van der Waals surface area contributed by atoms with Crippen LogP contribution in [-0.2, 0) is 0 Å². The lowest BCUT2D eigenvalue weighted by atomic mass is 10.1. The summed E-state index contributed by atoms with van der Waals surface area (Å²) in [6, 6.07) is 21.1. The summed E-state index contributed by atoms with van der Waals surface area (Å²) >= 11 is 0. The SMILES string of the molecule is O=C(Nc1cncc(-c2ccc3[nH]nc(-c4nc5c(N6CCCCC6)cccc5[nH]4)c3n2)c1)c1ccccc1. The number of amides is 1. The Morgan fingerprint density at radius 2 is 1.72 bits per heavy atom. The van der Waals surface area contributed by atoms with Crippen molar-refractivity contribution in [2.75, 3.05) is 23.3 Å². The maximum atomic E-state index is 12.6.